The van der Waals surface area contributed by atoms with Crippen molar-refractivity contribution in [1.82, 2.24) is 4.90 Å². The maximum atomic E-state index is 5.90. The second-order valence-corrected chi connectivity index (χ2v) is 5.13. The van der Waals surface area contributed by atoms with Crippen molar-refractivity contribution in [3.8, 4) is 0 Å². The van der Waals surface area contributed by atoms with Gasteiger partial charge < -0.3 is 5.73 Å². The van der Waals surface area contributed by atoms with Gasteiger partial charge in [-0.2, -0.15) is 0 Å². The van der Waals surface area contributed by atoms with E-state index >= 15 is 0 Å². The first kappa shape index (κ1) is 11.9. The van der Waals surface area contributed by atoms with Gasteiger partial charge in [0.05, 0.1) is 0 Å². The molecular weight excluding hydrogens is 220 g/mol. The molecule has 16 heavy (non-hydrogen) atoms. The Morgan fingerprint density at radius 1 is 1.44 bits per heavy atom. The Kier molecular flexibility index (Phi) is 3.85. The standard InChI is InChI=1S/C13H19ClN2/c1-10-6-7-16(9-10)13(8-15)11-2-4-12(14)5-3-11/h2-5,10,13H,6-9,15H2,1H3. The van der Waals surface area contributed by atoms with Crippen molar-refractivity contribution in [1.29, 1.82) is 0 Å². The average Bonchev–Trinajstić information content (AvgIpc) is 2.69. The topological polar surface area (TPSA) is 29.3 Å². The van der Waals surface area contributed by atoms with Crippen LogP contribution in [0.5, 0.6) is 0 Å². The van der Waals surface area contributed by atoms with Crippen LogP contribution in [0.1, 0.15) is 24.9 Å². The lowest BCUT2D eigenvalue weighted by Crippen LogP contribution is -2.31. The summed E-state index contributed by atoms with van der Waals surface area (Å²) < 4.78 is 0. The van der Waals surface area contributed by atoms with Gasteiger partial charge in [0, 0.05) is 24.2 Å². The fourth-order valence-corrected chi connectivity index (χ4v) is 2.56. The number of hydrogen-bond acceptors (Lipinski definition) is 2. The fourth-order valence-electron chi connectivity index (χ4n) is 2.43. The van der Waals surface area contributed by atoms with E-state index in [2.05, 4.69) is 24.0 Å². The molecule has 0 amide bonds. The van der Waals surface area contributed by atoms with Gasteiger partial charge in [-0.1, -0.05) is 30.7 Å². The molecule has 2 nitrogen and oxygen atoms in total. The van der Waals surface area contributed by atoms with Gasteiger partial charge in [0.15, 0.2) is 0 Å². The zero-order valence-electron chi connectivity index (χ0n) is 9.70. The minimum Gasteiger partial charge on any atom is -0.329 e. The molecule has 0 aromatic heterocycles. The summed E-state index contributed by atoms with van der Waals surface area (Å²) in [5.74, 6) is 0.793. The number of rotatable bonds is 3. The number of benzene rings is 1. The normalized spacial score (nSPS) is 23.6. The summed E-state index contributed by atoms with van der Waals surface area (Å²) in [6.07, 6.45) is 1.28. The average molecular weight is 239 g/mol. The summed E-state index contributed by atoms with van der Waals surface area (Å²) in [5.41, 5.74) is 7.17. The Bertz CT molecular complexity index is 336. The molecule has 1 aliphatic heterocycles. The maximum absolute atomic E-state index is 5.90. The van der Waals surface area contributed by atoms with Crippen LogP contribution in [0, 0.1) is 5.92 Å². The van der Waals surface area contributed by atoms with E-state index in [0.717, 1.165) is 24.0 Å². The third kappa shape index (κ3) is 2.57. The van der Waals surface area contributed by atoms with Crippen molar-refractivity contribution in [3.05, 3.63) is 34.9 Å². The predicted octanol–water partition coefficient (Wildman–Crippen LogP) is 2.68. The molecule has 1 aliphatic rings. The molecule has 1 heterocycles. The number of halogens is 1. The molecule has 0 radical (unpaired) electrons. The SMILES string of the molecule is CC1CCN(C(CN)c2ccc(Cl)cc2)C1. The van der Waals surface area contributed by atoms with Crippen LogP contribution in [-0.2, 0) is 0 Å². The van der Waals surface area contributed by atoms with E-state index < -0.39 is 0 Å². The summed E-state index contributed by atoms with van der Waals surface area (Å²) >= 11 is 5.90. The van der Waals surface area contributed by atoms with E-state index in [-0.39, 0.29) is 0 Å². The Labute approximate surface area is 102 Å². The van der Waals surface area contributed by atoms with Crippen LogP contribution in [0.25, 0.3) is 0 Å². The summed E-state index contributed by atoms with van der Waals surface area (Å²) in [4.78, 5) is 2.48. The summed E-state index contributed by atoms with van der Waals surface area (Å²) in [6.45, 7) is 5.29. The molecule has 88 valence electrons. The van der Waals surface area contributed by atoms with Gasteiger partial charge in [0.25, 0.3) is 0 Å². The lowest BCUT2D eigenvalue weighted by Gasteiger charge is -2.27. The smallest absolute Gasteiger partial charge is 0.0470 e. The molecule has 0 bridgehead atoms. The third-order valence-corrected chi connectivity index (χ3v) is 3.63. The van der Waals surface area contributed by atoms with E-state index in [1.165, 1.54) is 12.0 Å². The van der Waals surface area contributed by atoms with E-state index in [0.29, 0.717) is 12.6 Å². The van der Waals surface area contributed by atoms with Crippen LogP contribution in [0.2, 0.25) is 5.02 Å². The quantitative estimate of drug-likeness (QED) is 0.878. The highest BCUT2D eigenvalue weighted by molar-refractivity contribution is 6.30. The van der Waals surface area contributed by atoms with Crippen LogP contribution in [0.4, 0.5) is 0 Å². The van der Waals surface area contributed by atoms with Gasteiger partial charge in [-0.3, -0.25) is 4.90 Å². The van der Waals surface area contributed by atoms with Crippen molar-refractivity contribution in [2.45, 2.75) is 19.4 Å². The van der Waals surface area contributed by atoms with Gasteiger partial charge in [-0.05, 0) is 36.6 Å². The molecule has 2 rings (SSSR count). The summed E-state index contributed by atoms with van der Waals surface area (Å²) in [6, 6.07) is 8.41. The van der Waals surface area contributed by atoms with Gasteiger partial charge >= 0.3 is 0 Å². The molecule has 2 N–H and O–H groups in total. The van der Waals surface area contributed by atoms with Crippen molar-refractivity contribution < 1.29 is 0 Å². The maximum Gasteiger partial charge on any atom is 0.0470 e. The van der Waals surface area contributed by atoms with Crippen molar-refractivity contribution in [3.63, 3.8) is 0 Å². The minimum atomic E-state index is 0.349. The molecular formula is C13H19ClN2. The largest absolute Gasteiger partial charge is 0.329 e. The van der Waals surface area contributed by atoms with Crippen molar-refractivity contribution in [2.24, 2.45) is 11.7 Å². The van der Waals surface area contributed by atoms with Gasteiger partial charge in [-0.15, -0.1) is 0 Å². The molecule has 2 unspecified atom stereocenters. The highest BCUT2D eigenvalue weighted by Crippen LogP contribution is 2.27. The van der Waals surface area contributed by atoms with Gasteiger partial charge in [0.1, 0.15) is 0 Å². The first-order chi connectivity index (χ1) is 7.70. The second kappa shape index (κ2) is 5.17. The first-order valence-corrected chi connectivity index (χ1v) is 6.28. The molecule has 0 spiro atoms. The Morgan fingerprint density at radius 2 is 2.12 bits per heavy atom. The molecule has 1 aromatic carbocycles. The molecule has 1 aromatic rings. The fraction of sp³-hybridized carbons (Fsp3) is 0.538. The third-order valence-electron chi connectivity index (χ3n) is 3.37. The number of likely N-dealkylation sites (tertiary alicyclic amines) is 1. The van der Waals surface area contributed by atoms with Crippen LogP contribution in [0.3, 0.4) is 0 Å². The second-order valence-electron chi connectivity index (χ2n) is 4.69. The van der Waals surface area contributed by atoms with Crippen LogP contribution < -0.4 is 5.73 Å². The molecule has 1 fully saturated rings. The molecule has 0 saturated carbocycles. The van der Waals surface area contributed by atoms with Gasteiger partial charge in [-0.25, -0.2) is 0 Å². The van der Waals surface area contributed by atoms with Crippen LogP contribution in [0.15, 0.2) is 24.3 Å². The number of nitrogens with two attached hydrogens (primary N) is 1. The lowest BCUT2D eigenvalue weighted by atomic mass is 10.1. The van der Waals surface area contributed by atoms with E-state index in [4.69, 9.17) is 17.3 Å². The zero-order chi connectivity index (χ0) is 11.5. The van der Waals surface area contributed by atoms with Crippen molar-refractivity contribution >= 4 is 11.6 Å². The van der Waals surface area contributed by atoms with Crippen LogP contribution >= 0.6 is 11.6 Å². The monoisotopic (exact) mass is 238 g/mol. The molecule has 3 heteroatoms. The van der Waals surface area contributed by atoms with E-state index in [1.54, 1.807) is 0 Å². The van der Waals surface area contributed by atoms with E-state index in [9.17, 15) is 0 Å². The number of hydrogen-bond donors (Lipinski definition) is 1. The molecule has 1 saturated heterocycles. The zero-order valence-corrected chi connectivity index (χ0v) is 10.5. The first-order valence-electron chi connectivity index (χ1n) is 5.90. The molecule has 2 atom stereocenters. The van der Waals surface area contributed by atoms with Crippen LogP contribution in [-0.4, -0.2) is 24.5 Å². The van der Waals surface area contributed by atoms with Gasteiger partial charge in [0.2, 0.25) is 0 Å². The molecule has 0 aliphatic carbocycles. The highest BCUT2D eigenvalue weighted by Gasteiger charge is 2.25. The Balaban J connectivity index is 2.13. The minimum absolute atomic E-state index is 0.349. The summed E-state index contributed by atoms with van der Waals surface area (Å²) in [7, 11) is 0. The van der Waals surface area contributed by atoms with E-state index in [1.807, 2.05) is 12.1 Å². The van der Waals surface area contributed by atoms with Crippen molar-refractivity contribution in [2.75, 3.05) is 19.6 Å². The Morgan fingerprint density at radius 3 is 2.62 bits per heavy atom. The Hall–Kier alpha value is -0.570. The lowest BCUT2D eigenvalue weighted by molar-refractivity contribution is 0.244. The highest BCUT2D eigenvalue weighted by atomic mass is 35.5. The number of nitrogens with zero attached hydrogens (tertiary/aromatic N) is 1. The summed E-state index contributed by atoms with van der Waals surface area (Å²) in [5, 5.41) is 0.786. The predicted molar refractivity (Wildman–Crippen MR) is 68.6 cm³/mol.